The van der Waals surface area contributed by atoms with E-state index >= 15 is 4.39 Å². The lowest BCUT2D eigenvalue weighted by molar-refractivity contribution is -0.873. The molecule has 0 saturated carbocycles. The van der Waals surface area contributed by atoms with Crippen LogP contribution >= 0.6 is 0 Å². The van der Waals surface area contributed by atoms with Crippen LogP contribution in [0.1, 0.15) is 19.4 Å². The number of aromatic nitrogens is 3. The average molecular weight is 934 g/mol. The summed E-state index contributed by atoms with van der Waals surface area (Å²) in [7, 11) is -3.64. The van der Waals surface area contributed by atoms with E-state index in [1.54, 1.807) is 24.3 Å². The van der Waals surface area contributed by atoms with Crippen molar-refractivity contribution < 1.29 is 62.2 Å². The molecule has 66 heavy (non-hydrogen) atoms. The molecular weight excluding hydrogens is 891 g/mol. The fourth-order valence-electron chi connectivity index (χ4n) is 8.14. The molecule has 3 fully saturated rings. The van der Waals surface area contributed by atoms with Gasteiger partial charge in [0.05, 0.1) is 29.4 Å². The van der Waals surface area contributed by atoms with Crippen LogP contribution in [0.5, 0.6) is 5.75 Å². The molecule has 2 unspecified atom stereocenters. The molecular formula is C35H42BF2N13O15. The van der Waals surface area contributed by atoms with Crippen LogP contribution in [0.2, 0.25) is 0 Å². The fourth-order valence-corrected chi connectivity index (χ4v) is 8.14. The molecule has 3 saturated heterocycles. The second-order valence-corrected chi connectivity index (χ2v) is 14.7. The Bertz CT molecular complexity index is 2410. The van der Waals surface area contributed by atoms with Gasteiger partial charge in [-0.25, -0.2) is 28.1 Å². The molecule has 0 bridgehead atoms. The molecule has 1 aromatic heterocycles. The number of carbonyl (C=O) groups is 1. The molecule has 4 aromatic rings. The first-order valence-electron chi connectivity index (χ1n) is 19.0. The molecule has 0 radical (unpaired) electrons. The maximum Gasteiger partial charge on any atom is 0.670 e. The van der Waals surface area contributed by atoms with Gasteiger partial charge in [-0.05, 0) is 74.5 Å². The number of rotatable bonds is 16. The largest absolute Gasteiger partial charge is 0.870 e. The number of benzene rings is 3. The van der Waals surface area contributed by atoms with Crippen LogP contribution in [-0.4, -0.2) is 116 Å². The van der Waals surface area contributed by atoms with E-state index in [9.17, 15) is 59.7 Å². The van der Waals surface area contributed by atoms with Crippen LogP contribution in [0, 0.1) is 52.1 Å². The summed E-state index contributed by atoms with van der Waals surface area (Å²) < 4.78 is 52.0. The molecule has 2 amide bonds. The SMILES string of the molecule is CC(C)N1C(=O)N(c2ccc(N3CCN(c4ccc(OC[C@@H]5OC([N+](=O)[O-])[C@](Cn6cncn6)(c6ccc(F)cc6F)O5)cc4)CC3)cc2)C([N+](=O)[O-])([N+](=O)[O-])C1(OB([O-])[O-])[N+](=O)[O-].[NH4+].[NH4+]. The predicted octanol–water partition coefficient (Wildman–Crippen LogP) is 1.10. The van der Waals surface area contributed by atoms with Gasteiger partial charge in [0.1, 0.15) is 46.5 Å². The van der Waals surface area contributed by atoms with Crippen molar-refractivity contribution in [3.63, 3.8) is 0 Å². The number of carbonyl (C=O) groups excluding carboxylic acids is 1. The van der Waals surface area contributed by atoms with Crippen molar-refractivity contribution in [2.45, 2.75) is 56.2 Å². The normalized spacial score (nSPS) is 22.4. The molecule has 7 rings (SSSR count). The van der Waals surface area contributed by atoms with Crippen molar-refractivity contribution in [2.75, 3.05) is 47.5 Å². The van der Waals surface area contributed by atoms with Crippen molar-refractivity contribution in [3.8, 4) is 5.75 Å². The van der Waals surface area contributed by atoms with Crippen LogP contribution in [-0.2, 0) is 26.3 Å². The Balaban J connectivity index is 0.00000408. The summed E-state index contributed by atoms with van der Waals surface area (Å²) in [6.07, 6.45) is -0.914. The van der Waals surface area contributed by atoms with E-state index in [0.717, 1.165) is 43.8 Å². The van der Waals surface area contributed by atoms with Gasteiger partial charge in [0.2, 0.25) is 5.60 Å². The minimum Gasteiger partial charge on any atom is -0.870 e. The highest BCUT2D eigenvalue weighted by Crippen LogP contribution is 2.48. The standard InChI is InChI=1S/C35H34BF2N11O15.2H3N/c1-22(2)44-32(50)45(34(47(55)56,48(57)58)35(44,49(59)60)64-36(51)52)26-6-4-24(5-7-26)41-13-15-42(16-14-41)25-8-10-27(11-9-25)61-18-30-62-31(46(53)54)33(63-30,19-43-21-39-20-40-43)28-12-3-23(37)17-29(28)38;;/h3-12,17,20-22,30-31H,13-16,18-19H2,1-2H3;2*1H3/q-2;;/p+2/t30-,31?,33+,35?;;/m1../s1. The number of urea groups is 1. The van der Waals surface area contributed by atoms with E-state index in [0.29, 0.717) is 43.7 Å². The second kappa shape index (κ2) is 19.1. The van der Waals surface area contributed by atoms with Crippen LogP contribution in [0.15, 0.2) is 79.4 Å². The third kappa shape index (κ3) is 8.29. The number of anilines is 3. The Morgan fingerprint density at radius 3 is 1.88 bits per heavy atom. The van der Waals surface area contributed by atoms with Gasteiger partial charge in [0, 0.05) is 55.2 Å². The van der Waals surface area contributed by atoms with Gasteiger partial charge in [0.25, 0.3) is 0 Å². The lowest BCUT2D eigenvalue weighted by Gasteiger charge is -2.38. The summed E-state index contributed by atoms with van der Waals surface area (Å²) in [5.74, 6) is -10.2. The number of ether oxygens (including phenoxy) is 3. The molecule has 354 valence electrons. The van der Waals surface area contributed by atoms with Crippen molar-refractivity contribution in [2.24, 2.45) is 0 Å². The van der Waals surface area contributed by atoms with Gasteiger partial charge in [0.15, 0.2) is 6.29 Å². The lowest BCUT2D eigenvalue weighted by Crippen LogP contribution is -2.78. The number of hydrogen-bond donors (Lipinski definition) is 2. The molecule has 3 aliphatic heterocycles. The maximum absolute atomic E-state index is 15.2. The van der Waals surface area contributed by atoms with Crippen LogP contribution in [0.3, 0.4) is 0 Å². The smallest absolute Gasteiger partial charge is 0.670 e. The van der Waals surface area contributed by atoms with E-state index in [2.05, 4.69) is 14.7 Å². The highest BCUT2D eigenvalue weighted by Gasteiger charge is 2.97. The van der Waals surface area contributed by atoms with E-state index in [1.165, 1.54) is 29.5 Å². The summed E-state index contributed by atoms with van der Waals surface area (Å²) in [6, 6.07) is 11.2. The Morgan fingerprint density at radius 2 is 1.41 bits per heavy atom. The van der Waals surface area contributed by atoms with E-state index in [4.69, 9.17) is 14.2 Å². The first kappa shape index (κ1) is 49.7. The molecule has 4 atom stereocenters. The Morgan fingerprint density at radius 1 is 0.848 bits per heavy atom. The number of halogens is 2. The summed E-state index contributed by atoms with van der Waals surface area (Å²) in [5.41, 5.74) is -1.69. The number of nitro groups is 4. The van der Waals surface area contributed by atoms with Crippen molar-refractivity contribution >= 4 is 30.4 Å². The number of piperazine rings is 1. The number of hydrogen-bond acceptors (Lipinski definition) is 19. The Hall–Kier alpha value is -7.29. The topological polar surface area (TPSA) is 389 Å². The van der Waals surface area contributed by atoms with Crippen molar-refractivity contribution in [3.05, 3.63) is 137 Å². The minimum absolute atomic E-state index is 0. The fraction of sp³-hybridized carbons (Fsp3) is 0.400. The van der Waals surface area contributed by atoms with Gasteiger partial charge in [-0.3, -0.25) is 45.2 Å². The third-order valence-electron chi connectivity index (χ3n) is 10.8. The number of quaternary nitrogens is 2. The average Bonchev–Trinajstić information content (AvgIpc) is 3.95. The van der Waals surface area contributed by atoms with Crippen LogP contribution < -0.4 is 41.8 Å². The van der Waals surface area contributed by atoms with Gasteiger partial charge in [-0.15, -0.1) is 0 Å². The minimum atomic E-state index is -4.31. The molecule has 28 nitrogen and oxygen atoms in total. The van der Waals surface area contributed by atoms with Crippen LogP contribution in [0.25, 0.3) is 0 Å². The summed E-state index contributed by atoms with van der Waals surface area (Å²) in [4.78, 5) is 65.3. The van der Waals surface area contributed by atoms with Gasteiger partial charge < -0.3 is 46.3 Å². The Kier molecular flexibility index (Phi) is 14.4. The zero-order chi connectivity index (χ0) is 46.3. The van der Waals surface area contributed by atoms with E-state index < -0.39 is 92.7 Å². The van der Waals surface area contributed by atoms with Gasteiger partial charge in [-0.2, -0.15) is 10.00 Å². The monoisotopic (exact) mass is 933 g/mol. The second-order valence-electron chi connectivity index (χ2n) is 14.7. The van der Waals surface area contributed by atoms with Crippen molar-refractivity contribution in [1.29, 1.82) is 0 Å². The first-order chi connectivity index (χ1) is 30.4. The Labute approximate surface area is 370 Å². The third-order valence-corrected chi connectivity index (χ3v) is 10.8. The molecule has 3 aliphatic rings. The quantitative estimate of drug-likeness (QED) is 0.0687. The predicted molar refractivity (Wildman–Crippen MR) is 218 cm³/mol. The highest BCUT2D eigenvalue weighted by atomic mass is 19.1. The van der Waals surface area contributed by atoms with Gasteiger partial charge in [-0.1, -0.05) is 0 Å². The van der Waals surface area contributed by atoms with E-state index in [-0.39, 0.29) is 34.3 Å². The molecule has 4 heterocycles. The van der Waals surface area contributed by atoms with Crippen LogP contribution in [0.4, 0.5) is 30.6 Å². The molecule has 0 spiro atoms. The highest BCUT2D eigenvalue weighted by molar-refractivity contribution is 6.28. The maximum atomic E-state index is 15.2. The van der Waals surface area contributed by atoms with Gasteiger partial charge >= 0.3 is 23.9 Å². The zero-order valence-electron chi connectivity index (χ0n) is 35.4. The first-order valence-corrected chi connectivity index (χ1v) is 19.0. The number of nitrogens with zero attached hydrogens (tertiary/aromatic N) is 11. The molecule has 3 aromatic carbocycles. The molecule has 8 N–H and O–H groups in total. The molecule has 31 heteroatoms. The summed E-state index contributed by atoms with van der Waals surface area (Å²) in [5, 5.41) is 77.1. The van der Waals surface area contributed by atoms with Crippen molar-refractivity contribution in [1.82, 2.24) is 32.0 Å². The van der Waals surface area contributed by atoms with E-state index in [1.807, 2.05) is 9.80 Å². The zero-order valence-corrected chi connectivity index (χ0v) is 35.4. The summed E-state index contributed by atoms with van der Waals surface area (Å²) >= 11 is 0. The number of amides is 2. The molecule has 0 aliphatic carbocycles. The lowest BCUT2D eigenvalue weighted by atomic mass is 9.91. The summed E-state index contributed by atoms with van der Waals surface area (Å²) in [6.45, 7) is 3.19.